The average Bonchev–Trinajstić information content (AvgIpc) is 3.00. The lowest BCUT2D eigenvalue weighted by Crippen LogP contribution is -2.11. The molecule has 0 aliphatic heterocycles. The molecule has 0 atom stereocenters. The summed E-state index contributed by atoms with van der Waals surface area (Å²) in [6, 6.07) is 19.5. The quantitative estimate of drug-likeness (QED) is 0.756. The van der Waals surface area contributed by atoms with E-state index in [1.807, 2.05) is 68.4 Å². The summed E-state index contributed by atoms with van der Waals surface area (Å²) in [6.45, 7) is 4.01. The van der Waals surface area contributed by atoms with Crippen LogP contribution in [-0.2, 0) is 6.42 Å². The standard InChI is InChI=1S/C20H19NO2/c1-14-8-10-18(15(2)12-14)21-20(22)19-11-9-17(23-19)13-16-6-4-3-5-7-16/h3-12H,13H2,1-2H3,(H,21,22). The molecule has 0 saturated heterocycles. The van der Waals surface area contributed by atoms with Crippen LogP contribution in [0.25, 0.3) is 0 Å². The third-order valence-corrected chi connectivity index (χ3v) is 3.74. The molecule has 3 rings (SSSR count). The van der Waals surface area contributed by atoms with Crippen molar-refractivity contribution in [2.45, 2.75) is 20.3 Å². The van der Waals surface area contributed by atoms with Crippen LogP contribution in [0.2, 0.25) is 0 Å². The van der Waals surface area contributed by atoms with E-state index < -0.39 is 0 Å². The van der Waals surface area contributed by atoms with Gasteiger partial charge in [-0.2, -0.15) is 0 Å². The zero-order valence-corrected chi connectivity index (χ0v) is 13.3. The highest BCUT2D eigenvalue weighted by Gasteiger charge is 2.12. The fraction of sp³-hybridized carbons (Fsp3) is 0.150. The van der Waals surface area contributed by atoms with Crippen LogP contribution >= 0.6 is 0 Å². The second-order valence-electron chi connectivity index (χ2n) is 5.70. The van der Waals surface area contributed by atoms with Crippen LogP contribution in [0.1, 0.15) is 33.0 Å². The molecule has 3 aromatic rings. The molecule has 1 amide bonds. The number of hydrogen-bond acceptors (Lipinski definition) is 2. The van der Waals surface area contributed by atoms with Gasteiger partial charge in [0.2, 0.25) is 0 Å². The van der Waals surface area contributed by atoms with Gasteiger partial charge in [-0.1, -0.05) is 48.0 Å². The molecule has 0 bridgehead atoms. The maximum atomic E-state index is 12.3. The van der Waals surface area contributed by atoms with Crippen LogP contribution in [-0.4, -0.2) is 5.91 Å². The molecule has 116 valence electrons. The first-order chi connectivity index (χ1) is 11.1. The lowest BCUT2D eigenvalue weighted by molar-refractivity contribution is 0.0995. The Kier molecular flexibility index (Phi) is 4.29. The molecule has 1 aromatic heterocycles. The Balaban J connectivity index is 1.71. The molecule has 0 spiro atoms. The highest BCUT2D eigenvalue weighted by molar-refractivity contribution is 6.02. The van der Waals surface area contributed by atoms with Crippen molar-refractivity contribution in [2.24, 2.45) is 0 Å². The summed E-state index contributed by atoms with van der Waals surface area (Å²) in [7, 11) is 0. The summed E-state index contributed by atoms with van der Waals surface area (Å²) < 4.78 is 5.67. The van der Waals surface area contributed by atoms with Crippen LogP contribution in [0, 0.1) is 13.8 Å². The highest BCUT2D eigenvalue weighted by Crippen LogP contribution is 2.19. The van der Waals surface area contributed by atoms with E-state index in [0.717, 1.165) is 22.6 Å². The Hall–Kier alpha value is -2.81. The monoisotopic (exact) mass is 305 g/mol. The van der Waals surface area contributed by atoms with Gasteiger partial charge in [0.25, 0.3) is 5.91 Å². The first-order valence-corrected chi connectivity index (χ1v) is 7.63. The van der Waals surface area contributed by atoms with Gasteiger partial charge in [0.05, 0.1) is 0 Å². The maximum Gasteiger partial charge on any atom is 0.291 e. The van der Waals surface area contributed by atoms with E-state index in [2.05, 4.69) is 5.32 Å². The van der Waals surface area contributed by atoms with Crippen molar-refractivity contribution in [1.82, 2.24) is 0 Å². The van der Waals surface area contributed by atoms with E-state index >= 15 is 0 Å². The van der Waals surface area contributed by atoms with Crippen molar-refractivity contribution in [2.75, 3.05) is 5.32 Å². The lowest BCUT2D eigenvalue weighted by Gasteiger charge is -2.07. The molecule has 0 aliphatic rings. The first kappa shape index (κ1) is 15.1. The molecular formula is C20H19NO2. The van der Waals surface area contributed by atoms with Gasteiger partial charge in [-0.25, -0.2) is 0 Å². The largest absolute Gasteiger partial charge is 0.456 e. The Labute approximate surface area is 136 Å². The average molecular weight is 305 g/mol. The molecule has 0 aliphatic carbocycles. The van der Waals surface area contributed by atoms with Gasteiger partial charge in [0.1, 0.15) is 5.76 Å². The minimum atomic E-state index is -0.226. The number of benzene rings is 2. The van der Waals surface area contributed by atoms with E-state index in [0.29, 0.717) is 12.2 Å². The van der Waals surface area contributed by atoms with Crippen LogP contribution in [0.4, 0.5) is 5.69 Å². The fourth-order valence-electron chi connectivity index (χ4n) is 2.53. The lowest BCUT2D eigenvalue weighted by atomic mass is 10.1. The molecule has 1 N–H and O–H groups in total. The third kappa shape index (κ3) is 3.69. The smallest absolute Gasteiger partial charge is 0.291 e. The van der Waals surface area contributed by atoms with Crippen LogP contribution < -0.4 is 5.32 Å². The van der Waals surface area contributed by atoms with Crippen molar-refractivity contribution in [3.63, 3.8) is 0 Å². The third-order valence-electron chi connectivity index (χ3n) is 3.74. The summed E-state index contributed by atoms with van der Waals surface area (Å²) in [6.07, 6.45) is 0.678. The van der Waals surface area contributed by atoms with Crippen molar-refractivity contribution >= 4 is 11.6 Å². The molecule has 0 saturated carbocycles. The summed E-state index contributed by atoms with van der Waals surface area (Å²) in [5.74, 6) is 0.883. The van der Waals surface area contributed by atoms with Crippen molar-refractivity contribution in [1.29, 1.82) is 0 Å². The van der Waals surface area contributed by atoms with Gasteiger partial charge in [0.15, 0.2) is 5.76 Å². The minimum absolute atomic E-state index is 0.226. The first-order valence-electron chi connectivity index (χ1n) is 7.63. The van der Waals surface area contributed by atoms with Crippen LogP contribution in [0.3, 0.4) is 0 Å². The summed E-state index contributed by atoms with van der Waals surface area (Å²) >= 11 is 0. The van der Waals surface area contributed by atoms with E-state index in [1.54, 1.807) is 6.07 Å². The Bertz CT molecular complexity index is 819. The molecule has 2 aromatic carbocycles. The molecular weight excluding hydrogens is 286 g/mol. The van der Waals surface area contributed by atoms with Crippen molar-refractivity contribution < 1.29 is 9.21 Å². The van der Waals surface area contributed by atoms with Crippen molar-refractivity contribution in [3.05, 3.63) is 88.9 Å². The molecule has 3 nitrogen and oxygen atoms in total. The predicted molar refractivity (Wildman–Crippen MR) is 91.8 cm³/mol. The van der Waals surface area contributed by atoms with Gasteiger partial charge >= 0.3 is 0 Å². The topological polar surface area (TPSA) is 42.2 Å². The van der Waals surface area contributed by atoms with Crippen molar-refractivity contribution in [3.8, 4) is 0 Å². The number of furan rings is 1. The highest BCUT2D eigenvalue weighted by atomic mass is 16.3. The number of nitrogens with one attached hydrogen (secondary N) is 1. The molecule has 1 heterocycles. The maximum absolute atomic E-state index is 12.3. The Morgan fingerprint density at radius 2 is 1.78 bits per heavy atom. The van der Waals surface area contributed by atoms with Gasteiger partial charge in [-0.3, -0.25) is 4.79 Å². The van der Waals surface area contributed by atoms with Gasteiger partial charge in [0, 0.05) is 12.1 Å². The predicted octanol–water partition coefficient (Wildman–Crippen LogP) is 4.74. The van der Waals surface area contributed by atoms with Gasteiger partial charge < -0.3 is 9.73 Å². The molecule has 0 unspecified atom stereocenters. The zero-order valence-electron chi connectivity index (χ0n) is 13.3. The Morgan fingerprint density at radius 1 is 1.00 bits per heavy atom. The molecule has 3 heteroatoms. The summed E-state index contributed by atoms with van der Waals surface area (Å²) in [5.41, 5.74) is 4.17. The number of anilines is 1. The van der Waals surface area contributed by atoms with Crippen LogP contribution in [0.5, 0.6) is 0 Å². The van der Waals surface area contributed by atoms with E-state index in [1.165, 1.54) is 5.56 Å². The number of amides is 1. The fourth-order valence-corrected chi connectivity index (χ4v) is 2.53. The second-order valence-corrected chi connectivity index (χ2v) is 5.70. The summed E-state index contributed by atoms with van der Waals surface area (Å²) in [5, 5.41) is 2.90. The summed E-state index contributed by atoms with van der Waals surface area (Å²) in [4.78, 5) is 12.3. The number of aryl methyl sites for hydroxylation is 2. The van der Waals surface area contributed by atoms with Gasteiger partial charge in [-0.15, -0.1) is 0 Å². The SMILES string of the molecule is Cc1ccc(NC(=O)c2ccc(Cc3ccccc3)o2)c(C)c1. The molecule has 0 fully saturated rings. The van der Waals surface area contributed by atoms with E-state index in [9.17, 15) is 4.79 Å². The minimum Gasteiger partial charge on any atom is -0.456 e. The Morgan fingerprint density at radius 3 is 2.52 bits per heavy atom. The molecule has 23 heavy (non-hydrogen) atoms. The van der Waals surface area contributed by atoms with E-state index in [4.69, 9.17) is 4.42 Å². The zero-order chi connectivity index (χ0) is 16.2. The number of carbonyl (C=O) groups is 1. The second kappa shape index (κ2) is 6.53. The molecule has 0 radical (unpaired) electrons. The van der Waals surface area contributed by atoms with E-state index in [-0.39, 0.29) is 5.91 Å². The van der Waals surface area contributed by atoms with Crippen LogP contribution in [0.15, 0.2) is 65.1 Å². The normalized spacial score (nSPS) is 10.5. The number of carbonyl (C=O) groups excluding carboxylic acids is 1. The number of hydrogen-bond donors (Lipinski definition) is 1. The van der Waals surface area contributed by atoms with Gasteiger partial charge in [-0.05, 0) is 43.2 Å². The number of rotatable bonds is 4.